The smallest absolute Gasteiger partial charge is 0.273 e. The molecule has 0 bridgehead atoms. The van der Waals surface area contributed by atoms with Gasteiger partial charge in [0, 0.05) is 13.1 Å². The second-order valence-corrected chi connectivity index (χ2v) is 8.33. The molecule has 1 amide bonds. The lowest BCUT2D eigenvalue weighted by molar-refractivity contribution is 0.0987. The van der Waals surface area contributed by atoms with Crippen molar-refractivity contribution in [2.24, 2.45) is 0 Å². The highest BCUT2D eigenvalue weighted by Gasteiger charge is 2.25. The maximum Gasteiger partial charge on any atom is 0.273 e. The third-order valence-corrected chi connectivity index (χ3v) is 6.71. The summed E-state index contributed by atoms with van der Waals surface area (Å²) in [7, 11) is 0. The summed E-state index contributed by atoms with van der Waals surface area (Å²) in [6.45, 7) is 13.6. The number of benzene rings is 1. The van der Waals surface area contributed by atoms with E-state index in [1.807, 2.05) is 6.92 Å². The van der Waals surface area contributed by atoms with Crippen molar-refractivity contribution in [2.45, 2.75) is 34.6 Å². The molecule has 0 unspecified atom stereocenters. The minimum atomic E-state index is -0.0666. The zero-order valence-corrected chi connectivity index (χ0v) is 18.1. The van der Waals surface area contributed by atoms with Crippen LogP contribution in [0.4, 0.5) is 5.13 Å². The van der Waals surface area contributed by atoms with Gasteiger partial charge in [-0.25, -0.2) is 4.98 Å². The van der Waals surface area contributed by atoms with E-state index in [1.54, 1.807) is 16.2 Å². The highest BCUT2D eigenvalue weighted by molar-refractivity contribution is 7.22. The molecule has 0 spiro atoms. The Balaban J connectivity index is 1.99. The number of thiazole rings is 1. The number of fused-ring (bicyclic) bond motifs is 1. The van der Waals surface area contributed by atoms with Crippen LogP contribution in [0.5, 0.6) is 0 Å². The van der Waals surface area contributed by atoms with E-state index in [9.17, 15) is 4.79 Å². The van der Waals surface area contributed by atoms with Crippen LogP contribution in [-0.2, 0) is 0 Å². The second kappa shape index (κ2) is 8.41. The summed E-state index contributed by atoms with van der Waals surface area (Å²) in [4.78, 5) is 22.7. The Morgan fingerprint density at radius 3 is 2.48 bits per heavy atom. The largest absolute Gasteiger partial charge is 0.302 e. The van der Waals surface area contributed by atoms with Gasteiger partial charge in [-0.05, 0) is 62.6 Å². The maximum absolute atomic E-state index is 13.2. The van der Waals surface area contributed by atoms with Crippen LogP contribution >= 0.6 is 22.9 Å². The molecule has 0 radical (unpaired) electrons. The number of carbonyl (C=O) groups is 1. The van der Waals surface area contributed by atoms with Gasteiger partial charge >= 0.3 is 0 Å². The summed E-state index contributed by atoms with van der Waals surface area (Å²) in [6.07, 6.45) is 0. The maximum atomic E-state index is 13.2. The van der Waals surface area contributed by atoms with Crippen LogP contribution in [0, 0.1) is 20.8 Å². The van der Waals surface area contributed by atoms with Crippen LogP contribution in [0.15, 0.2) is 12.1 Å². The topological polar surface area (TPSA) is 62.2 Å². The first-order valence-corrected chi connectivity index (χ1v) is 10.7. The standard InChI is InChI=1S/C19H25N5OS2/c1-6-23(7-2)8-9-24(18(25)17-14(5)21-22-27-17)19-20-15-11-12(3)10-13(4)16(15)26-19/h10-11H,6-9H2,1-5H3. The normalized spacial score (nSPS) is 11.5. The molecule has 0 N–H and O–H groups in total. The van der Waals surface area contributed by atoms with E-state index in [2.05, 4.69) is 54.3 Å². The molecule has 1 aromatic carbocycles. The summed E-state index contributed by atoms with van der Waals surface area (Å²) >= 11 is 2.73. The molecule has 0 aliphatic heterocycles. The highest BCUT2D eigenvalue weighted by atomic mass is 32.1. The molecule has 0 aliphatic rings. The van der Waals surface area contributed by atoms with Crippen molar-refractivity contribution in [3.8, 4) is 0 Å². The van der Waals surface area contributed by atoms with Gasteiger partial charge in [0.1, 0.15) is 4.88 Å². The first-order valence-electron chi connectivity index (χ1n) is 9.15. The SMILES string of the molecule is CCN(CC)CCN(C(=O)c1snnc1C)c1nc2cc(C)cc(C)c2s1. The van der Waals surface area contributed by atoms with Gasteiger partial charge < -0.3 is 4.90 Å². The lowest BCUT2D eigenvalue weighted by atomic mass is 10.1. The monoisotopic (exact) mass is 403 g/mol. The molecule has 3 aromatic rings. The van der Waals surface area contributed by atoms with Crippen LogP contribution in [0.3, 0.4) is 0 Å². The summed E-state index contributed by atoms with van der Waals surface area (Å²) in [6, 6.07) is 4.23. The number of rotatable bonds is 7. The Bertz CT molecular complexity index is 945. The van der Waals surface area contributed by atoms with E-state index in [1.165, 1.54) is 11.1 Å². The number of carbonyl (C=O) groups excluding carboxylic acids is 1. The quantitative estimate of drug-likeness (QED) is 0.595. The number of amides is 1. The number of likely N-dealkylation sites (N-methyl/N-ethyl adjacent to an activating group) is 1. The zero-order chi connectivity index (χ0) is 19.6. The van der Waals surface area contributed by atoms with Gasteiger partial charge in [0.2, 0.25) is 0 Å². The summed E-state index contributed by atoms with van der Waals surface area (Å²) < 4.78 is 5.07. The lowest BCUT2D eigenvalue weighted by Gasteiger charge is -2.24. The van der Waals surface area contributed by atoms with Crippen LogP contribution < -0.4 is 4.90 Å². The van der Waals surface area contributed by atoms with Crippen molar-refractivity contribution in [2.75, 3.05) is 31.1 Å². The average Bonchev–Trinajstić information content (AvgIpc) is 3.24. The molecule has 2 heterocycles. The fourth-order valence-electron chi connectivity index (χ4n) is 3.10. The van der Waals surface area contributed by atoms with E-state index >= 15 is 0 Å². The van der Waals surface area contributed by atoms with Gasteiger partial charge in [-0.1, -0.05) is 35.7 Å². The third-order valence-electron chi connectivity index (χ3n) is 4.66. The number of nitrogens with zero attached hydrogens (tertiary/aromatic N) is 5. The minimum Gasteiger partial charge on any atom is -0.302 e. The number of anilines is 1. The molecule has 0 saturated carbocycles. The summed E-state index contributed by atoms with van der Waals surface area (Å²) in [5, 5.41) is 4.74. The number of aromatic nitrogens is 3. The Labute approximate surface area is 168 Å². The highest BCUT2D eigenvalue weighted by Crippen LogP contribution is 2.33. The predicted octanol–water partition coefficient (Wildman–Crippen LogP) is 4.06. The van der Waals surface area contributed by atoms with Crippen molar-refractivity contribution < 1.29 is 4.79 Å². The Morgan fingerprint density at radius 2 is 1.85 bits per heavy atom. The number of hydrogen-bond acceptors (Lipinski definition) is 7. The number of aryl methyl sites for hydroxylation is 3. The summed E-state index contributed by atoms with van der Waals surface area (Å²) in [5.74, 6) is -0.0666. The molecule has 3 rings (SSSR count). The second-order valence-electron chi connectivity index (χ2n) is 6.60. The lowest BCUT2D eigenvalue weighted by Crippen LogP contribution is -2.38. The molecule has 2 aromatic heterocycles. The van der Waals surface area contributed by atoms with Crippen LogP contribution in [0.25, 0.3) is 10.2 Å². The average molecular weight is 404 g/mol. The molecular formula is C19H25N5OS2. The van der Waals surface area contributed by atoms with Crippen molar-refractivity contribution >= 4 is 44.1 Å². The molecule has 27 heavy (non-hydrogen) atoms. The first-order chi connectivity index (χ1) is 12.9. The summed E-state index contributed by atoms with van der Waals surface area (Å²) in [5.41, 5.74) is 4.00. The van der Waals surface area contributed by atoms with Crippen LogP contribution in [0.2, 0.25) is 0 Å². The predicted molar refractivity (Wildman–Crippen MR) is 113 cm³/mol. The van der Waals surface area contributed by atoms with E-state index in [0.717, 1.165) is 46.5 Å². The molecule has 144 valence electrons. The van der Waals surface area contributed by atoms with E-state index < -0.39 is 0 Å². The Hall–Kier alpha value is -1.90. The fraction of sp³-hybridized carbons (Fsp3) is 0.474. The number of hydrogen-bond donors (Lipinski definition) is 0. The van der Waals surface area contributed by atoms with Gasteiger partial charge in [-0.3, -0.25) is 9.69 Å². The van der Waals surface area contributed by atoms with Crippen molar-refractivity contribution in [3.63, 3.8) is 0 Å². The van der Waals surface area contributed by atoms with Crippen molar-refractivity contribution in [3.05, 3.63) is 33.8 Å². The fourth-order valence-corrected chi connectivity index (χ4v) is 4.74. The van der Waals surface area contributed by atoms with Crippen molar-refractivity contribution in [1.29, 1.82) is 0 Å². The molecular weight excluding hydrogens is 378 g/mol. The molecule has 8 heteroatoms. The van der Waals surface area contributed by atoms with E-state index in [-0.39, 0.29) is 5.91 Å². The van der Waals surface area contributed by atoms with Crippen LogP contribution in [-0.4, -0.2) is 51.6 Å². The molecule has 0 aliphatic carbocycles. The van der Waals surface area contributed by atoms with Gasteiger partial charge in [-0.15, -0.1) is 5.10 Å². The zero-order valence-electron chi connectivity index (χ0n) is 16.4. The van der Waals surface area contributed by atoms with Crippen LogP contribution in [0.1, 0.15) is 40.3 Å². The molecule has 0 fully saturated rings. The molecule has 6 nitrogen and oxygen atoms in total. The Morgan fingerprint density at radius 1 is 1.11 bits per heavy atom. The van der Waals surface area contributed by atoms with Gasteiger partial charge in [0.25, 0.3) is 5.91 Å². The van der Waals surface area contributed by atoms with E-state index in [0.29, 0.717) is 17.1 Å². The van der Waals surface area contributed by atoms with Gasteiger partial charge in [0.05, 0.1) is 15.9 Å². The molecule has 0 saturated heterocycles. The van der Waals surface area contributed by atoms with Crippen molar-refractivity contribution in [1.82, 2.24) is 19.5 Å². The van der Waals surface area contributed by atoms with E-state index in [4.69, 9.17) is 4.98 Å². The first kappa shape index (κ1) is 19.9. The molecule has 0 atom stereocenters. The Kier molecular flexibility index (Phi) is 6.18. The minimum absolute atomic E-state index is 0.0666. The van der Waals surface area contributed by atoms with Gasteiger partial charge in [-0.2, -0.15) is 0 Å². The van der Waals surface area contributed by atoms with Gasteiger partial charge in [0.15, 0.2) is 5.13 Å². The third kappa shape index (κ3) is 4.17.